The van der Waals surface area contributed by atoms with E-state index in [0.29, 0.717) is 23.2 Å². The van der Waals surface area contributed by atoms with Crippen molar-refractivity contribution in [3.8, 4) is 0 Å². The van der Waals surface area contributed by atoms with Gasteiger partial charge in [-0.2, -0.15) is 0 Å². The summed E-state index contributed by atoms with van der Waals surface area (Å²) in [5.74, 6) is -1.06. The lowest BCUT2D eigenvalue weighted by molar-refractivity contribution is -0.131. The van der Waals surface area contributed by atoms with E-state index >= 15 is 0 Å². The first-order valence-electron chi connectivity index (χ1n) is 10.8. The lowest BCUT2D eigenvalue weighted by Crippen LogP contribution is -2.49. The molecule has 35 heavy (non-hydrogen) atoms. The molecule has 0 bridgehead atoms. The number of carbonyl (C=O) groups excluding carboxylic acids is 2. The summed E-state index contributed by atoms with van der Waals surface area (Å²) >= 11 is 0. The SMILES string of the molecule is CC1=C(CC(=O)NCc2ccc(NC(=O)O)nc2C)C(=O)N(NS(=O)(=O)Cc2ccccc2)CC1. The molecule has 0 atom stereocenters. The van der Waals surface area contributed by atoms with Crippen molar-refractivity contribution in [1.29, 1.82) is 0 Å². The third-order valence-electron chi connectivity index (χ3n) is 5.42. The molecule has 3 rings (SSSR count). The molecule has 11 nitrogen and oxygen atoms in total. The van der Waals surface area contributed by atoms with Crippen LogP contribution in [0.2, 0.25) is 0 Å². The molecule has 0 spiro atoms. The first kappa shape index (κ1) is 25.8. The number of rotatable bonds is 9. The van der Waals surface area contributed by atoms with E-state index in [9.17, 15) is 22.8 Å². The second kappa shape index (κ2) is 11.1. The Morgan fingerprint density at radius 1 is 1.11 bits per heavy atom. The van der Waals surface area contributed by atoms with E-state index in [-0.39, 0.29) is 36.7 Å². The molecule has 3 amide bonds. The average molecular weight is 502 g/mol. The van der Waals surface area contributed by atoms with Crippen molar-refractivity contribution in [1.82, 2.24) is 20.1 Å². The molecule has 0 saturated heterocycles. The zero-order chi connectivity index (χ0) is 25.6. The highest BCUT2D eigenvalue weighted by Gasteiger charge is 2.29. The molecule has 2 aromatic rings. The number of amides is 3. The number of aromatic nitrogens is 1. The Hall–Kier alpha value is -3.77. The molecular weight excluding hydrogens is 474 g/mol. The minimum Gasteiger partial charge on any atom is -0.465 e. The number of pyridine rings is 1. The van der Waals surface area contributed by atoms with Crippen LogP contribution in [0.5, 0.6) is 0 Å². The van der Waals surface area contributed by atoms with Gasteiger partial charge in [-0.3, -0.25) is 19.9 Å². The van der Waals surface area contributed by atoms with Gasteiger partial charge in [0.2, 0.25) is 15.9 Å². The van der Waals surface area contributed by atoms with Crippen LogP contribution >= 0.6 is 0 Å². The zero-order valence-electron chi connectivity index (χ0n) is 19.4. The van der Waals surface area contributed by atoms with Gasteiger partial charge in [-0.15, -0.1) is 4.83 Å². The van der Waals surface area contributed by atoms with E-state index in [1.165, 1.54) is 6.07 Å². The van der Waals surface area contributed by atoms with Crippen molar-refractivity contribution >= 4 is 33.7 Å². The van der Waals surface area contributed by atoms with Crippen LogP contribution in [0.15, 0.2) is 53.6 Å². The van der Waals surface area contributed by atoms with Crippen LogP contribution in [0.25, 0.3) is 0 Å². The van der Waals surface area contributed by atoms with Crippen molar-refractivity contribution in [2.45, 2.75) is 39.0 Å². The Labute approximate surface area is 203 Å². The Morgan fingerprint density at radius 2 is 1.83 bits per heavy atom. The Bertz CT molecular complexity index is 1260. The molecule has 0 aliphatic carbocycles. The summed E-state index contributed by atoms with van der Waals surface area (Å²) in [7, 11) is -3.82. The largest absolute Gasteiger partial charge is 0.465 e. The van der Waals surface area contributed by atoms with E-state index in [1.54, 1.807) is 50.2 Å². The molecule has 1 aromatic carbocycles. The standard InChI is InChI=1S/C23H27N5O6S/c1-15-10-11-28(27-35(33,34)14-17-6-4-3-5-7-17)22(30)19(15)12-21(29)24-13-18-8-9-20(25-16(18)2)26-23(31)32/h3-9,27H,10-14H2,1-2H3,(H,24,29)(H,25,26)(H,31,32). The van der Waals surface area contributed by atoms with E-state index in [0.717, 1.165) is 10.6 Å². The van der Waals surface area contributed by atoms with Gasteiger partial charge >= 0.3 is 6.09 Å². The highest BCUT2D eigenvalue weighted by molar-refractivity contribution is 7.88. The summed E-state index contributed by atoms with van der Waals surface area (Å²) in [6.07, 6.45) is -0.995. The van der Waals surface area contributed by atoms with Crippen LogP contribution in [0.3, 0.4) is 0 Å². The minimum absolute atomic E-state index is 0.138. The zero-order valence-corrected chi connectivity index (χ0v) is 20.2. The summed E-state index contributed by atoms with van der Waals surface area (Å²) in [5.41, 5.74) is 2.79. The molecule has 12 heteroatoms. The predicted molar refractivity (Wildman–Crippen MR) is 128 cm³/mol. The number of nitrogens with one attached hydrogen (secondary N) is 3. The third kappa shape index (κ3) is 7.36. The van der Waals surface area contributed by atoms with Crippen LogP contribution < -0.4 is 15.5 Å². The lowest BCUT2D eigenvalue weighted by atomic mass is 9.98. The molecule has 186 valence electrons. The Kier molecular flexibility index (Phi) is 8.20. The number of carboxylic acid groups (broad SMARTS) is 1. The molecule has 0 radical (unpaired) electrons. The quantitative estimate of drug-likeness (QED) is 0.409. The fourth-order valence-corrected chi connectivity index (χ4v) is 4.76. The Morgan fingerprint density at radius 3 is 2.49 bits per heavy atom. The van der Waals surface area contributed by atoms with Gasteiger partial charge in [0.15, 0.2) is 0 Å². The maximum absolute atomic E-state index is 13.0. The second-order valence-corrected chi connectivity index (χ2v) is 9.83. The van der Waals surface area contributed by atoms with Gasteiger partial charge in [-0.1, -0.05) is 42.0 Å². The number of anilines is 1. The smallest absolute Gasteiger partial charge is 0.410 e. The average Bonchev–Trinajstić information content (AvgIpc) is 2.78. The highest BCUT2D eigenvalue weighted by atomic mass is 32.2. The van der Waals surface area contributed by atoms with Crippen LogP contribution in [-0.2, 0) is 31.9 Å². The maximum Gasteiger partial charge on any atom is 0.410 e. The van der Waals surface area contributed by atoms with Crippen molar-refractivity contribution in [2.75, 3.05) is 11.9 Å². The summed E-state index contributed by atoms with van der Waals surface area (Å²) < 4.78 is 25.1. The molecule has 0 fully saturated rings. The number of hydrazine groups is 1. The Balaban J connectivity index is 1.59. The molecular formula is C23H27N5O6S. The number of hydrogen-bond acceptors (Lipinski definition) is 6. The molecule has 1 aromatic heterocycles. The maximum atomic E-state index is 13.0. The van der Waals surface area contributed by atoms with Crippen molar-refractivity contribution < 1.29 is 27.9 Å². The van der Waals surface area contributed by atoms with Gasteiger partial charge in [-0.25, -0.2) is 18.2 Å². The van der Waals surface area contributed by atoms with Gasteiger partial charge < -0.3 is 10.4 Å². The van der Waals surface area contributed by atoms with Crippen LogP contribution in [0.1, 0.15) is 36.6 Å². The number of carbonyl (C=O) groups is 3. The molecule has 4 N–H and O–H groups in total. The summed E-state index contributed by atoms with van der Waals surface area (Å²) in [5, 5.41) is 14.7. The highest BCUT2D eigenvalue weighted by Crippen LogP contribution is 2.21. The van der Waals surface area contributed by atoms with Crippen LogP contribution in [0, 0.1) is 6.92 Å². The number of sulfonamides is 1. The molecule has 1 aliphatic rings. The number of aryl methyl sites for hydroxylation is 1. The number of nitrogens with zero attached hydrogens (tertiary/aromatic N) is 2. The predicted octanol–water partition coefficient (Wildman–Crippen LogP) is 2.07. The third-order valence-corrected chi connectivity index (χ3v) is 6.63. The monoisotopic (exact) mass is 501 g/mol. The first-order valence-corrected chi connectivity index (χ1v) is 12.5. The van der Waals surface area contributed by atoms with Crippen molar-refractivity contribution in [3.05, 3.63) is 70.4 Å². The minimum atomic E-state index is -3.82. The van der Waals surface area contributed by atoms with Gasteiger partial charge in [0.05, 0.1) is 12.2 Å². The van der Waals surface area contributed by atoms with E-state index in [4.69, 9.17) is 5.11 Å². The van der Waals surface area contributed by atoms with Gasteiger partial charge in [0.1, 0.15) is 5.82 Å². The number of hydrogen-bond donors (Lipinski definition) is 4. The van der Waals surface area contributed by atoms with Crippen molar-refractivity contribution in [3.63, 3.8) is 0 Å². The summed E-state index contributed by atoms with van der Waals surface area (Å²) in [6, 6.07) is 11.8. The fourth-order valence-electron chi connectivity index (χ4n) is 3.56. The van der Waals surface area contributed by atoms with Gasteiger partial charge in [-0.05, 0) is 37.5 Å². The normalized spacial score (nSPS) is 14.1. The van der Waals surface area contributed by atoms with E-state index in [2.05, 4.69) is 20.4 Å². The second-order valence-electron chi connectivity index (χ2n) is 8.13. The summed E-state index contributed by atoms with van der Waals surface area (Å²) in [4.78, 5) is 42.7. The summed E-state index contributed by atoms with van der Waals surface area (Å²) in [6.45, 7) is 3.74. The fraction of sp³-hybridized carbons (Fsp3) is 0.304. The van der Waals surface area contributed by atoms with Crippen LogP contribution in [-0.4, -0.2) is 48.0 Å². The molecule has 0 unspecified atom stereocenters. The van der Waals surface area contributed by atoms with Crippen molar-refractivity contribution in [2.24, 2.45) is 0 Å². The van der Waals surface area contributed by atoms with E-state index < -0.39 is 27.9 Å². The topological polar surface area (TPSA) is 158 Å². The molecule has 1 aliphatic heterocycles. The molecule has 2 heterocycles. The van der Waals surface area contributed by atoms with Gasteiger partial charge in [0, 0.05) is 24.4 Å². The lowest BCUT2D eigenvalue weighted by Gasteiger charge is -2.29. The first-order chi connectivity index (χ1) is 16.5. The number of benzene rings is 1. The van der Waals surface area contributed by atoms with Gasteiger partial charge in [0.25, 0.3) is 5.91 Å². The van der Waals surface area contributed by atoms with Crippen LogP contribution in [0.4, 0.5) is 10.6 Å². The molecule has 0 saturated carbocycles. The van der Waals surface area contributed by atoms with E-state index in [1.807, 2.05) is 0 Å².